The second-order valence-corrected chi connectivity index (χ2v) is 11.0. The van der Waals surface area contributed by atoms with Gasteiger partial charge in [-0.25, -0.2) is 15.0 Å². The number of rotatable bonds is 9. The van der Waals surface area contributed by atoms with E-state index in [4.69, 9.17) is 9.47 Å². The summed E-state index contributed by atoms with van der Waals surface area (Å²) in [4.78, 5) is 38.4. The Balaban J connectivity index is 1.20. The first kappa shape index (κ1) is 30.3. The maximum absolute atomic E-state index is 13.7. The topological polar surface area (TPSA) is 119 Å². The summed E-state index contributed by atoms with van der Waals surface area (Å²) in [5, 5.41) is 5.12. The molecule has 1 aromatic carbocycles. The molecule has 226 valence electrons. The molecule has 4 heterocycles. The van der Waals surface area contributed by atoms with E-state index in [1.165, 1.54) is 14.2 Å². The lowest BCUT2D eigenvalue weighted by molar-refractivity contribution is -0.141. The number of halogens is 3. The van der Waals surface area contributed by atoms with Crippen LogP contribution in [-0.2, 0) is 17.5 Å². The molecule has 3 aromatic rings. The molecule has 43 heavy (non-hydrogen) atoms. The number of aromatic nitrogens is 3. The Morgan fingerprint density at radius 3 is 2.56 bits per heavy atom. The molecule has 0 saturated carbocycles. The van der Waals surface area contributed by atoms with Gasteiger partial charge in [-0.15, -0.1) is 0 Å². The van der Waals surface area contributed by atoms with Crippen molar-refractivity contribution >= 4 is 34.9 Å². The zero-order valence-electron chi connectivity index (χ0n) is 23.4. The van der Waals surface area contributed by atoms with E-state index in [1.807, 2.05) is 0 Å². The van der Waals surface area contributed by atoms with Crippen LogP contribution >= 0.6 is 11.8 Å². The average Bonchev–Trinajstić information content (AvgIpc) is 3.32. The molecule has 5 rings (SSSR count). The van der Waals surface area contributed by atoms with Gasteiger partial charge in [0.1, 0.15) is 17.2 Å². The summed E-state index contributed by atoms with van der Waals surface area (Å²) in [5.41, 5.74) is 0.621. The number of piperidine rings is 1. The largest absolute Gasteiger partial charge is 0.497 e. The van der Waals surface area contributed by atoms with Crippen molar-refractivity contribution in [2.24, 2.45) is 5.92 Å². The fraction of sp³-hybridized carbons (Fsp3) is 0.345. The van der Waals surface area contributed by atoms with Crippen molar-refractivity contribution in [3.05, 3.63) is 64.5 Å². The molecule has 14 heteroatoms. The predicted molar refractivity (Wildman–Crippen MR) is 156 cm³/mol. The molecule has 0 bridgehead atoms. The number of hydrogen-bond acceptors (Lipinski definition) is 10. The number of ether oxygens (including phenoxy) is 2. The summed E-state index contributed by atoms with van der Waals surface area (Å²) in [6, 6.07) is 9.26. The Morgan fingerprint density at radius 1 is 1.09 bits per heavy atom. The molecule has 0 unspecified atom stereocenters. The maximum Gasteiger partial charge on any atom is 0.433 e. The lowest BCUT2D eigenvalue weighted by Crippen LogP contribution is -2.38. The molecule has 2 fully saturated rings. The second-order valence-electron chi connectivity index (χ2n) is 10.0. The quantitative estimate of drug-likeness (QED) is 0.322. The summed E-state index contributed by atoms with van der Waals surface area (Å²) in [7, 11) is 2.94. The SMILES string of the molecule is COc1ccc(-c2cc(CNCC3CCN(c4nccc(/C=C5/SC(=O)NC5=O)n4)CC3)cc(C(F)(F)F)n2)c(OC)c1. The van der Waals surface area contributed by atoms with Crippen LogP contribution in [0.5, 0.6) is 11.5 Å². The van der Waals surface area contributed by atoms with Gasteiger partial charge in [0.2, 0.25) is 5.95 Å². The number of benzene rings is 1. The van der Waals surface area contributed by atoms with Crippen molar-refractivity contribution in [3.8, 4) is 22.8 Å². The number of carbonyl (C=O) groups is 2. The molecule has 2 N–H and O–H groups in total. The first-order valence-corrected chi connectivity index (χ1v) is 14.3. The smallest absolute Gasteiger partial charge is 0.433 e. The zero-order chi connectivity index (χ0) is 30.6. The Morgan fingerprint density at radius 2 is 1.88 bits per heavy atom. The summed E-state index contributed by atoms with van der Waals surface area (Å²) in [6.45, 7) is 2.28. The van der Waals surface area contributed by atoms with Crippen molar-refractivity contribution in [2.45, 2.75) is 25.6 Å². The van der Waals surface area contributed by atoms with Crippen molar-refractivity contribution < 1.29 is 32.2 Å². The number of alkyl halides is 3. The summed E-state index contributed by atoms with van der Waals surface area (Å²) < 4.78 is 51.8. The number of imide groups is 1. The number of hydrogen-bond donors (Lipinski definition) is 2. The van der Waals surface area contributed by atoms with E-state index in [-0.39, 0.29) is 17.1 Å². The van der Waals surface area contributed by atoms with E-state index in [9.17, 15) is 22.8 Å². The predicted octanol–water partition coefficient (Wildman–Crippen LogP) is 4.90. The molecule has 2 saturated heterocycles. The van der Waals surface area contributed by atoms with E-state index >= 15 is 0 Å². The van der Waals surface area contributed by atoms with Crippen LogP contribution < -0.4 is 25.0 Å². The first-order chi connectivity index (χ1) is 20.6. The second kappa shape index (κ2) is 13.0. The van der Waals surface area contributed by atoms with E-state index in [0.717, 1.165) is 30.7 Å². The standard InChI is InChI=1S/C29H29F3N6O4S/c1-41-20-3-4-21(23(14-20)42-2)22-11-18(12-25(36-22)29(30,31)32)16-33-15-17-6-9-38(10-7-17)27-34-8-5-19(35-27)13-24-26(39)37-28(40)43-24/h3-5,8,11-14,17,33H,6-7,9-10,15-16H2,1-2H3,(H,37,39,40)/b24-13+. The summed E-state index contributed by atoms with van der Waals surface area (Å²) in [6.07, 6.45) is 0.250. The van der Waals surface area contributed by atoms with Crippen molar-refractivity contribution in [2.75, 3.05) is 38.8 Å². The highest BCUT2D eigenvalue weighted by Gasteiger charge is 2.33. The number of nitrogens with one attached hydrogen (secondary N) is 2. The fourth-order valence-corrected chi connectivity index (χ4v) is 5.56. The lowest BCUT2D eigenvalue weighted by Gasteiger charge is -2.32. The molecule has 2 aromatic heterocycles. The van der Waals surface area contributed by atoms with Crippen molar-refractivity contribution in [1.29, 1.82) is 0 Å². The molecule has 0 aliphatic carbocycles. The van der Waals surface area contributed by atoms with Gasteiger partial charge in [0.25, 0.3) is 11.1 Å². The molecule has 10 nitrogen and oxygen atoms in total. The van der Waals surface area contributed by atoms with Crippen LogP contribution in [-0.4, -0.2) is 60.0 Å². The van der Waals surface area contributed by atoms with Gasteiger partial charge in [0.15, 0.2) is 0 Å². The molecule has 0 spiro atoms. The van der Waals surface area contributed by atoms with Crippen LogP contribution in [0.15, 0.2) is 47.5 Å². The molecular weight excluding hydrogens is 585 g/mol. The maximum atomic E-state index is 13.7. The summed E-state index contributed by atoms with van der Waals surface area (Å²) in [5.74, 6) is 1.29. The average molecular weight is 615 g/mol. The van der Waals surface area contributed by atoms with Crippen LogP contribution in [0.25, 0.3) is 17.3 Å². The van der Waals surface area contributed by atoms with Crippen molar-refractivity contribution in [3.63, 3.8) is 0 Å². The highest BCUT2D eigenvalue weighted by molar-refractivity contribution is 8.18. The molecule has 0 atom stereocenters. The van der Waals surface area contributed by atoms with Gasteiger partial charge in [0, 0.05) is 37.5 Å². The van der Waals surface area contributed by atoms with Crippen molar-refractivity contribution in [1.82, 2.24) is 25.6 Å². The number of anilines is 1. The molecule has 2 aliphatic heterocycles. The van der Waals surface area contributed by atoms with Gasteiger partial charge in [-0.05, 0) is 79.0 Å². The van der Waals surface area contributed by atoms with Crippen LogP contribution in [0.3, 0.4) is 0 Å². The van der Waals surface area contributed by atoms with Crippen LogP contribution in [0.2, 0.25) is 0 Å². The number of pyridine rings is 1. The monoisotopic (exact) mass is 614 g/mol. The fourth-order valence-electron chi connectivity index (χ4n) is 4.89. The Labute approximate surface area is 250 Å². The van der Waals surface area contributed by atoms with Gasteiger partial charge in [-0.1, -0.05) is 0 Å². The Hall–Kier alpha value is -4.17. The first-order valence-electron chi connectivity index (χ1n) is 13.5. The van der Waals surface area contributed by atoms with Crippen LogP contribution in [0, 0.1) is 5.92 Å². The van der Waals surface area contributed by atoms with Gasteiger partial charge in [-0.3, -0.25) is 14.9 Å². The zero-order valence-corrected chi connectivity index (χ0v) is 24.2. The van der Waals surface area contributed by atoms with E-state index < -0.39 is 23.0 Å². The van der Waals surface area contributed by atoms with Crippen LogP contribution in [0.4, 0.5) is 23.9 Å². The molecule has 0 radical (unpaired) electrons. The number of nitrogens with zero attached hydrogens (tertiary/aromatic N) is 4. The highest BCUT2D eigenvalue weighted by atomic mass is 32.2. The van der Waals surface area contributed by atoms with Gasteiger partial charge in [-0.2, -0.15) is 13.2 Å². The number of carbonyl (C=O) groups excluding carboxylic acids is 2. The van der Waals surface area contributed by atoms with E-state index in [2.05, 4.69) is 30.5 Å². The van der Waals surface area contributed by atoms with Gasteiger partial charge in [0.05, 0.1) is 30.5 Å². The number of thioether (sulfide) groups is 1. The normalized spacial score (nSPS) is 17.0. The minimum Gasteiger partial charge on any atom is -0.497 e. The minimum absolute atomic E-state index is 0.163. The van der Waals surface area contributed by atoms with Gasteiger partial charge < -0.3 is 19.7 Å². The summed E-state index contributed by atoms with van der Waals surface area (Å²) >= 11 is 0.832. The third-order valence-electron chi connectivity index (χ3n) is 7.11. The highest BCUT2D eigenvalue weighted by Crippen LogP contribution is 2.36. The van der Waals surface area contributed by atoms with Crippen LogP contribution in [0.1, 0.15) is 29.8 Å². The molecule has 2 amide bonds. The number of amides is 2. The third-order valence-corrected chi connectivity index (χ3v) is 7.92. The number of methoxy groups -OCH3 is 2. The third kappa shape index (κ3) is 7.43. The molecular formula is C29H29F3N6O4S. The lowest BCUT2D eigenvalue weighted by atomic mass is 9.97. The Bertz CT molecular complexity index is 1540. The van der Waals surface area contributed by atoms with E-state index in [0.29, 0.717) is 59.8 Å². The van der Waals surface area contributed by atoms with E-state index in [1.54, 1.807) is 42.6 Å². The van der Waals surface area contributed by atoms with Gasteiger partial charge >= 0.3 is 6.18 Å². The minimum atomic E-state index is -4.60. The Kier molecular flexibility index (Phi) is 9.16. The molecule has 2 aliphatic rings.